The van der Waals surface area contributed by atoms with Crippen molar-refractivity contribution in [3.8, 4) is 0 Å². The van der Waals surface area contributed by atoms with Crippen molar-refractivity contribution in [1.29, 1.82) is 0 Å². The topological polar surface area (TPSA) is 57.6 Å². The maximum Gasteiger partial charge on any atom is 0.303 e. The van der Waals surface area contributed by atoms with Crippen LogP contribution in [0.3, 0.4) is 0 Å². The highest BCUT2D eigenvalue weighted by Crippen LogP contribution is 2.33. The number of carbonyl (C=O) groups is 2. The average molecular weight is 289 g/mol. The number of hydrogen-bond acceptors (Lipinski definition) is 2. The number of para-hydroxylation sites is 1. The van der Waals surface area contributed by atoms with Gasteiger partial charge in [-0.2, -0.15) is 0 Å². The molecule has 21 heavy (non-hydrogen) atoms. The van der Waals surface area contributed by atoms with Crippen molar-refractivity contribution in [2.45, 2.75) is 39.0 Å². The lowest BCUT2D eigenvalue weighted by atomic mass is 9.96. The van der Waals surface area contributed by atoms with E-state index in [9.17, 15) is 9.59 Å². The van der Waals surface area contributed by atoms with Crippen LogP contribution in [0.1, 0.15) is 39.0 Å². The molecule has 0 radical (unpaired) electrons. The molecule has 2 rings (SSSR count). The molecule has 1 saturated carbocycles. The molecule has 1 fully saturated rings. The Kier molecular flexibility index (Phi) is 5.37. The number of amides is 1. The van der Waals surface area contributed by atoms with Crippen molar-refractivity contribution in [1.82, 2.24) is 0 Å². The van der Waals surface area contributed by atoms with Crippen molar-refractivity contribution in [3.05, 3.63) is 30.3 Å². The van der Waals surface area contributed by atoms with E-state index in [1.54, 1.807) is 4.90 Å². The SMILES string of the molecule is CC1CCCC1C(=O)N(CCCC(=O)O)c1ccccc1. The van der Waals surface area contributed by atoms with Gasteiger partial charge in [-0.25, -0.2) is 0 Å². The number of hydrogen-bond donors (Lipinski definition) is 1. The number of carboxylic acid groups (broad SMARTS) is 1. The number of anilines is 1. The minimum atomic E-state index is -0.815. The first-order valence-corrected chi connectivity index (χ1v) is 7.68. The normalized spacial score (nSPS) is 21.2. The Morgan fingerprint density at radius 1 is 1.24 bits per heavy atom. The van der Waals surface area contributed by atoms with Crippen molar-refractivity contribution in [2.75, 3.05) is 11.4 Å². The second-order valence-corrected chi connectivity index (χ2v) is 5.84. The summed E-state index contributed by atoms with van der Waals surface area (Å²) in [4.78, 5) is 25.3. The molecule has 0 aromatic heterocycles. The van der Waals surface area contributed by atoms with Gasteiger partial charge in [-0.1, -0.05) is 31.5 Å². The van der Waals surface area contributed by atoms with E-state index >= 15 is 0 Å². The van der Waals surface area contributed by atoms with E-state index in [0.29, 0.717) is 18.9 Å². The van der Waals surface area contributed by atoms with Crippen molar-refractivity contribution >= 4 is 17.6 Å². The van der Waals surface area contributed by atoms with Crippen LogP contribution in [0.2, 0.25) is 0 Å². The standard InChI is InChI=1S/C17H23NO3/c1-13-7-5-10-15(13)17(21)18(12-6-11-16(19)20)14-8-3-2-4-9-14/h2-4,8-9,13,15H,5-7,10-12H2,1H3,(H,19,20). The fourth-order valence-electron chi connectivity index (χ4n) is 3.08. The molecule has 0 heterocycles. The second kappa shape index (κ2) is 7.25. The Labute approximate surface area is 125 Å². The molecule has 0 bridgehead atoms. The lowest BCUT2D eigenvalue weighted by Crippen LogP contribution is -2.38. The monoisotopic (exact) mass is 289 g/mol. The third-order valence-corrected chi connectivity index (χ3v) is 4.28. The highest BCUT2D eigenvalue weighted by Gasteiger charge is 2.33. The second-order valence-electron chi connectivity index (χ2n) is 5.84. The summed E-state index contributed by atoms with van der Waals surface area (Å²) in [7, 11) is 0. The molecule has 0 spiro atoms. The summed E-state index contributed by atoms with van der Waals surface area (Å²) < 4.78 is 0. The predicted octanol–water partition coefficient (Wildman–Crippen LogP) is 3.32. The van der Waals surface area contributed by atoms with E-state index in [1.165, 1.54) is 0 Å². The maximum absolute atomic E-state index is 12.8. The molecule has 1 aromatic carbocycles. The fourth-order valence-corrected chi connectivity index (χ4v) is 3.08. The molecule has 1 aliphatic carbocycles. The zero-order valence-corrected chi connectivity index (χ0v) is 12.5. The Hall–Kier alpha value is -1.84. The van der Waals surface area contributed by atoms with E-state index in [4.69, 9.17) is 5.11 Å². The third kappa shape index (κ3) is 4.06. The summed E-state index contributed by atoms with van der Waals surface area (Å²) in [5, 5.41) is 8.79. The lowest BCUT2D eigenvalue weighted by molar-refractivity contribution is -0.137. The van der Waals surface area contributed by atoms with Gasteiger partial charge in [0.25, 0.3) is 0 Å². The highest BCUT2D eigenvalue weighted by atomic mass is 16.4. The molecular weight excluding hydrogens is 266 g/mol. The fraction of sp³-hybridized carbons (Fsp3) is 0.529. The minimum absolute atomic E-state index is 0.0787. The number of benzene rings is 1. The van der Waals surface area contributed by atoms with Crippen LogP contribution in [0.5, 0.6) is 0 Å². The van der Waals surface area contributed by atoms with Gasteiger partial charge in [-0.3, -0.25) is 9.59 Å². The Morgan fingerprint density at radius 2 is 1.95 bits per heavy atom. The zero-order valence-electron chi connectivity index (χ0n) is 12.5. The van der Waals surface area contributed by atoms with E-state index in [1.807, 2.05) is 30.3 Å². The van der Waals surface area contributed by atoms with Crippen LogP contribution in [0.25, 0.3) is 0 Å². The van der Waals surface area contributed by atoms with Gasteiger partial charge < -0.3 is 10.0 Å². The first kappa shape index (κ1) is 15.5. The molecule has 2 atom stereocenters. The van der Waals surface area contributed by atoms with E-state index < -0.39 is 5.97 Å². The lowest BCUT2D eigenvalue weighted by Gasteiger charge is -2.27. The predicted molar refractivity (Wildman–Crippen MR) is 82.2 cm³/mol. The number of carboxylic acids is 1. The molecule has 1 N–H and O–H groups in total. The molecule has 4 nitrogen and oxygen atoms in total. The largest absolute Gasteiger partial charge is 0.481 e. The average Bonchev–Trinajstić information content (AvgIpc) is 2.90. The van der Waals surface area contributed by atoms with Crippen molar-refractivity contribution in [2.24, 2.45) is 11.8 Å². The Balaban J connectivity index is 2.11. The van der Waals surface area contributed by atoms with Gasteiger partial charge in [-0.05, 0) is 37.3 Å². The number of aliphatic carboxylic acids is 1. The van der Waals surface area contributed by atoms with Gasteiger partial charge in [0.15, 0.2) is 0 Å². The van der Waals surface area contributed by atoms with Gasteiger partial charge in [-0.15, -0.1) is 0 Å². The van der Waals surface area contributed by atoms with Gasteiger partial charge in [0.05, 0.1) is 0 Å². The van der Waals surface area contributed by atoms with Crippen LogP contribution in [0.15, 0.2) is 30.3 Å². The van der Waals surface area contributed by atoms with Crippen LogP contribution in [-0.2, 0) is 9.59 Å². The van der Waals surface area contributed by atoms with Crippen LogP contribution in [-0.4, -0.2) is 23.5 Å². The summed E-state index contributed by atoms with van der Waals surface area (Å²) in [6.07, 6.45) is 3.74. The molecule has 4 heteroatoms. The van der Waals surface area contributed by atoms with Gasteiger partial charge in [0, 0.05) is 24.6 Å². The summed E-state index contributed by atoms with van der Waals surface area (Å²) in [5.41, 5.74) is 0.868. The van der Waals surface area contributed by atoms with E-state index in [2.05, 4.69) is 6.92 Å². The van der Waals surface area contributed by atoms with Crippen LogP contribution in [0.4, 0.5) is 5.69 Å². The highest BCUT2D eigenvalue weighted by molar-refractivity contribution is 5.95. The summed E-state index contributed by atoms with van der Waals surface area (Å²) in [6.45, 7) is 2.61. The van der Waals surface area contributed by atoms with E-state index in [-0.39, 0.29) is 18.2 Å². The molecule has 114 valence electrons. The first-order chi connectivity index (χ1) is 10.1. The van der Waals surface area contributed by atoms with Crippen LogP contribution < -0.4 is 4.90 Å². The van der Waals surface area contributed by atoms with Crippen molar-refractivity contribution < 1.29 is 14.7 Å². The van der Waals surface area contributed by atoms with E-state index in [0.717, 1.165) is 24.9 Å². The zero-order chi connectivity index (χ0) is 15.2. The minimum Gasteiger partial charge on any atom is -0.481 e. The summed E-state index contributed by atoms with van der Waals surface area (Å²) in [6, 6.07) is 9.56. The Morgan fingerprint density at radius 3 is 2.52 bits per heavy atom. The molecule has 1 aromatic rings. The first-order valence-electron chi connectivity index (χ1n) is 7.68. The quantitative estimate of drug-likeness (QED) is 0.874. The smallest absolute Gasteiger partial charge is 0.303 e. The maximum atomic E-state index is 12.8. The number of rotatable bonds is 6. The van der Waals surface area contributed by atoms with Gasteiger partial charge in [0.2, 0.25) is 5.91 Å². The third-order valence-electron chi connectivity index (χ3n) is 4.28. The summed E-state index contributed by atoms with van der Waals surface area (Å²) >= 11 is 0. The van der Waals surface area contributed by atoms with Crippen molar-refractivity contribution in [3.63, 3.8) is 0 Å². The number of carbonyl (C=O) groups excluding carboxylic acids is 1. The molecule has 1 amide bonds. The summed E-state index contributed by atoms with van der Waals surface area (Å²) in [5.74, 6) is -0.167. The van der Waals surface area contributed by atoms with Gasteiger partial charge in [0.1, 0.15) is 0 Å². The molecule has 0 saturated heterocycles. The molecule has 1 aliphatic rings. The van der Waals surface area contributed by atoms with Crippen LogP contribution in [0, 0.1) is 11.8 Å². The molecule has 2 unspecified atom stereocenters. The van der Waals surface area contributed by atoms with Crippen LogP contribution >= 0.6 is 0 Å². The molecule has 0 aliphatic heterocycles. The Bertz CT molecular complexity index is 486. The van der Waals surface area contributed by atoms with Gasteiger partial charge >= 0.3 is 5.97 Å². The molecular formula is C17H23NO3. The number of nitrogens with zero attached hydrogens (tertiary/aromatic N) is 1.